The maximum Gasteiger partial charge on any atom is 0.233 e. The molecule has 0 aliphatic rings. The maximum atomic E-state index is 12.3. The fraction of sp³-hybridized carbons (Fsp3) is 0.294. The lowest BCUT2D eigenvalue weighted by molar-refractivity contribution is -0.120. The fourth-order valence-corrected chi connectivity index (χ4v) is 3.86. The molecule has 2 aromatic heterocycles. The number of thioether (sulfide) groups is 1. The molecular formula is C17H19N5OS2. The standard InChI is InChI=1S/C17H19N5OS2/c1-11-6-7-15(12(2)9-11)22-17(19-20-21-22)25-13(3)16(23)18-10-14-5-4-8-24-14/h4-9,13H,10H2,1-3H3,(H,18,23). The van der Waals surface area contributed by atoms with Gasteiger partial charge < -0.3 is 5.32 Å². The molecule has 0 radical (unpaired) electrons. The van der Waals surface area contributed by atoms with E-state index in [9.17, 15) is 4.79 Å². The van der Waals surface area contributed by atoms with Gasteiger partial charge in [-0.15, -0.1) is 16.4 Å². The first-order valence-corrected chi connectivity index (χ1v) is 9.63. The van der Waals surface area contributed by atoms with Crippen LogP contribution < -0.4 is 5.32 Å². The highest BCUT2D eigenvalue weighted by Crippen LogP contribution is 2.25. The van der Waals surface area contributed by atoms with Crippen molar-refractivity contribution in [3.8, 4) is 5.69 Å². The molecule has 0 saturated carbocycles. The molecule has 0 bridgehead atoms. The second-order valence-electron chi connectivity index (χ2n) is 5.72. The summed E-state index contributed by atoms with van der Waals surface area (Å²) in [6.45, 7) is 6.47. The summed E-state index contributed by atoms with van der Waals surface area (Å²) in [7, 11) is 0. The summed E-state index contributed by atoms with van der Waals surface area (Å²) in [6.07, 6.45) is 0. The third-order valence-corrected chi connectivity index (χ3v) is 5.60. The summed E-state index contributed by atoms with van der Waals surface area (Å²) in [6, 6.07) is 10.1. The van der Waals surface area contributed by atoms with Gasteiger partial charge in [0.2, 0.25) is 11.1 Å². The summed E-state index contributed by atoms with van der Waals surface area (Å²) in [5.74, 6) is -0.0337. The summed E-state index contributed by atoms with van der Waals surface area (Å²) >= 11 is 2.97. The first-order chi connectivity index (χ1) is 12.0. The Morgan fingerprint density at radius 1 is 1.36 bits per heavy atom. The Morgan fingerprint density at radius 3 is 2.92 bits per heavy atom. The van der Waals surface area contributed by atoms with Crippen molar-refractivity contribution in [1.29, 1.82) is 0 Å². The van der Waals surface area contributed by atoms with Crippen LogP contribution in [0.4, 0.5) is 0 Å². The van der Waals surface area contributed by atoms with E-state index in [-0.39, 0.29) is 11.2 Å². The molecule has 1 atom stereocenters. The number of tetrazole rings is 1. The lowest BCUT2D eigenvalue weighted by atomic mass is 10.1. The van der Waals surface area contributed by atoms with Crippen LogP contribution in [-0.4, -0.2) is 31.4 Å². The Labute approximate surface area is 154 Å². The third-order valence-electron chi connectivity index (χ3n) is 3.69. The average molecular weight is 374 g/mol. The van der Waals surface area contributed by atoms with Crippen molar-refractivity contribution in [3.63, 3.8) is 0 Å². The SMILES string of the molecule is Cc1ccc(-n2nnnc2SC(C)C(=O)NCc2cccs2)c(C)c1. The summed E-state index contributed by atoms with van der Waals surface area (Å²) < 4.78 is 1.68. The largest absolute Gasteiger partial charge is 0.350 e. The highest BCUT2D eigenvalue weighted by atomic mass is 32.2. The topological polar surface area (TPSA) is 72.7 Å². The minimum absolute atomic E-state index is 0.0337. The Bertz CT molecular complexity index is 860. The van der Waals surface area contributed by atoms with Crippen molar-refractivity contribution in [2.45, 2.75) is 37.7 Å². The van der Waals surface area contributed by atoms with Crippen LogP contribution in [0, 0.1) is 13.8 Å². The number of benzene rings is 1. The number of carbonyl (C=O) groups excluding carboxylic acids is 1. The van der Waals surface area contributed by atoms with E-state index in [1.807, 2.05) is 50.4 Å². The van der Waals surface area contributed by atoms with E-state index in [0.717, 1.165) is 16.1 Å². The van der Waals surface area contributed by atoms with Crippen LogP contribution in [0.5, 0.6) is 0 Å². The van der Waals surface area contributed by atoms with E-state index >= 15 is 0 Å². The van der Waals surface area contributed by atoms with Gasteiger partial charge in [0.25, 0.3) is 0 Å². The van der Waals surface area contributed by atoms with Gasteiger partial charge >= 0.3 is 0 Å². The monoisotopic (exact) mass is 373 g/mol. The van der Waals surface area contributed by atoms with E-state index in [4.69, 9.17) is 0 Å². The van der Waals surface area contributed by atoms with Crippen molar-refractivity contribution >= 4 is 29.0 Å². The first-order valence-electron chi connectivity index (χ1n) is 7.87. The minimum Gasteiger partial charge on any atom is -0.350 e. The van der Waals surface area contributed by atoms with Gasteiger partial charge in [0.15, 0.2) is 0 Å². The lowest BCUT2D eigenvalue weighted by Gasteiger charge is -2.12. The number of hydrogen-bond acceptors (Lipinski definition) is 6. The summed E-state index contributed by atoms with van der Waals surface area (Å²) in [4.78, 5) is 13.4. The van der Waals surface area contributed by atoms with Crippen LogP contribution >= 0.6 is 23.1 Å². The van der Waals surface area contributed by atoms with Gasteiger partial charge in [0, 0.05) is 4.88 Å². The number of amides is 1. The second kappa shape index (κ2) is 7.79. The van der Waals surface area contributed by atoms with Crippen molar-refractivity contribution in [2.24, 2.45) is 0 Å². The van der Waals surface area contributed by atoms with Gasteiger partial charge in [0.1, 0.15) is 0 Å². The van der Waals surface area contributed by atoms with Gasteiger partial charge in [-0.05, 0) is 54.3 Å². The molecule has 3 aromatic rings. The Morgan fingerprint density at radius 2 is 2.20 bits per heavy atom. The number of hydrogen-bond donors (Lipinski definition) is 1. The van der Waals surface area contributed by atoms with E-state index < -0.39 is 0 Å². The van der Waals surface area contributed by atoms with Crippen LogP contribution in [-0.2, 0) is 11.3 Å². The Balaban J connectivity index is 1.69. The van der Waals surface area contributed by atoms with Crippen molar-refractivity contribution in [2.75, 3.05) is 0 Å². The fourth-order valence-electron chi connectivity index (χ4n) is 2.39. The molecule has 0 aliphatic heterocycles. The van der Waals surface area contributed by atoms with Crippen molar-refractivity contribution in [3.05, 3.63) is 51.7 Å². The molecule has 25 heavy (non-hydrogen) atoms. The highest BCUT2D eigenvalue weighted by Gasteiger charge is 2.19. The molecule has 1 aromatic carbocycles. The van der Waals surface area contributed by atoms with E-state index in [2.05, 4.69) is 26.9 Å². The molecule has 0 fully saturated rings. The predicted molar refractivity (Wildman–Crippen MR) is 100 cm³/mol. The molecule has 1 N–H and O–H groups in total. The Kier molecular flexibility index (Phi) is 5.50. The normalized spacial score (nSPS) is 12.1. The van der Waals surface area contributed by atoms with Gasteiger partial charge in [-0.1, -0.05) is 35.5 Å². The molecule has 0 spiro atoms. The van der Waals surface area contributed by atoms with E-state index in [1.54, 1.807) is 16.0 Å². The minimum atomic E-state index is -0.296. The maximum absolute atomic E-state index is 12.3. The number of carbonyl (C=O) groups is 1. The summed E-state index contributed by atoms with van der Waals surface area (Å²) in [5, 5.41) is 17.2. The average Bonchev–Trinajstić information content (AvgIpc) is 3.24. The molecule has 0 aliphatic carbocycles. The molecule has 130 valence electrons. The smallest absolute Gasteiger partial charge is 0.233 e. The van der Waals surface area contributed by atoms with Crippen molar-refractivity contribution < 1.29 is 4.79 Å². The first kappa shape index (κ1) is 17.6. The zero-order valence-electron chi connectivity index (χ0n) is 14.3. The molecule has 1 amide bonds. The molecule has 8 heteroatoms. The molecule has 3 rings (SSSR count). The number of aryl methyl sites for hydroxylation is 2. The van der Waals surface area contributed by atoms with Gasteiger partial charge in [-0.3, -0.25) is 4.79 Å². The molecule has 6 nitrogen and oxygen atoms in total. The number of thiophene rings is 1. The molecule has 1 unspecified atom stereocenters. The Hall–Kier alpha value is -2.19. The van der Waals surface area contributed by atoms with Crippen LogP contribution in [0.15, 0.2) is 40.9 Å². The lowest BCUT2D eigenvalue weighted by Crippen LogP contribution is -2.30. The number of nitrogens with zero attached hydrogens (tertiary/aromatic N) is 4. The number of rotatable bonds is 6. The van der Waals surface area contributed by atoms with Crippen LogP contribution in [0.1, 0.15) is 22.9 Å². The molecular weight excluding hydrogens is 354 g/mol. The van der Waals surface area contributed by atoms with Crippen molar-refractivity contribution in [1.82, 2.24) is 25.5 Å². The molecule has 2 heterocycles. The second-order valence-corrected chi connectivity index (χ2v) is 8.06. The number of aromatic nitrogens is 4. The third kappa shape index (κ3) is 4.26. The highest BCUT2D eigenvalue weighted by molar-refractivity contribution is 8.00. The van der Waals surface area contributed by atoms with Crippen LogP contribution in [0.3, 0.4) is 0 Å². The van der Waals surface area contributed by atoms with Gasteiger partial charge in [-0.25, -0.2) is 0 Å². The predicted octanol–water partition coefficient (Wildman–Crippen LogP) is 3.14. The van der Waals surface area contributed by atoms with Crippen LogP contribution in [0.25, 0.3) is 5.69 Å². The van der Waals surface area contributed by atoms with E-state index in [1.165, 1.54) is 17.3 Å². The zero-order chi connectivity index (χ0) is 17.8. The summed E-state index contributed by atoms with van der Waals surface area (Å²) in [5.41, 5.74) is 3.19. The zero-order valence-corrected chi connectivity index (χ0v) is 15.9. The van der Waals surface area contributed by atoms with Gasteiger partial charge in [-0.2, -0.15) is 4.68 Å². The van der Waals surface area contributed by atoms with Gasteiger partial charge in [0.05, 0.1) is 17.5 Å². The van der Waals surface area contributed by atoms with E-state index in [0.29, 0.717) is 11.7 Å². The molecule has 0 saturated heterocycles. The number of nitrogens with one attached hydrogen (secondary N) is 1. The van der Waals surface area contributed by atoms with Crippen LogP contribution in [0.2, 0.25) is 0 Å². The quantitative estimate of drug-likeness (QED) is 0.672.